The van der Waals surface area contributed by atoms with E-state index in [1.54, 1.807) is 0 Å². The van der Waals surface area contributed by atoms with E-state index in [9.17, 15) is 0 Å². The highest BCUT2D eigenvalue weighted by atomic mass is 15.2. The molecule has 288 valence electrons. The first-order valence-corrected chi connectivity index (χ1v) is 20.9. The molecular weight excluding hydrogens is 701 g/mol. The van der Waals surface area contributed by atoms with Crippen LogP contribution in [0.2, 0.25) is 0 Å². The third kappa shape index (κ3) is 9.41. The summed E-state index contributed by atoms with van der Waals surface area (Å²) in [5.41, 5.74) is 20.6. The monoisotopic (exact) mass is 754 g/mol. The number of nitrogens with zero attached hydrogens (tertiary/aromatic N) is 2. The molecule has 8 rings (SSSR count). The molecular formula is C56H54N2. The lowest BCUT2D eigenvalue weighted by atomic mass is 9.87. The van der Waals surface area contributed by atoms with Crippen molar-refractivity contribution in [3.05, 3.63) is 237 Å². The maximum atomic E-state index is 2.41. The lowest BCUT2D eigenvalue weighted by molar-refractivity contribution is 0.868. The van der Waals surface area contributed by atoms with E-state index in [4.69, 9.17) is 0 Å². The molecule has 0 saturated heterocycles. The molecule has 2 nitrogen and oxygen atoms in total. The molecule has 0 saturated carbocycles. The van der Waals surface area contributed by atoms with E-state index >= 15 is 0 Å². The Morgan fingerprint density at radius 3 is 0.983 bits per heavy atom. The second-order valence-corrected chi connectivity index (χ2v) is 16.0. The summed E-state index contributed by atoms with van der Waals surface area (Å²) in [6.07, 6.45) is 29.6. The molecule has 58 heavy (non-hydrogen) atoms. The maximum absolute atomic E-state index is 2.41. The van der Waals surface area contributed by atoms with Crippen LogP contribution in [0.1, 0.15) is 66.3 Å². The van der Waals surface area contributed by atoms with Crippen LogP contribution in [0, 0.1) is 27.7 Å². The molecule has 0 bridgehead atoms. The van der Waals surface area contributed by atoms with Crippen molar-refractivity contribution < 1.29 is 0 Å². The second-order valence-electron chi connectivity index (χ2n) is 16.0. The van der Waals surface area contributed by atoms with Crippen molar-refractivity contribution in [2.75, 3.05) is 9.80 Å². The second kappa shape index (κ2) is 17.8. The van der Waals surface area contributed by atoms with Gasteiger partial charge in [-0.25, -0.2) is 0 Å². The van der Waals surface area contributed by atoms with E-state index < -0.39 is 0 Å². The Bertz CT molecular complexity index is 2390. The Morgan fingerprint density at radius 1 is 0.310 bits per heavy atom. The highest BCUT2D eigenvalue weighted by Gasteiger charge is 2.18. The molecule has 0 fully saturated rings. The van der Waals surface area contributed by atoms with Crippen molar-refractivity contribution in [3.8, 4) is 0 Å². The summed E-state index contributed by atoms with van der Waals surface area (Å²) in [5, 5.41) is 0. The van der Waals surface area contributed by atoms with Crippen molar-refractivity contribution in [3.63, 3.8) is 0 Å². The van der Waals surface area contributed by atoms with E-state index in [0.717, 1.165) is 55.6 Å². The summed E-state index contributed by atoms with van der Waals surface area (Å²) in [4.78, 5) is 4.73. The number of benzene rings is 5. The molecule has 0 aliphatic heterocycles. The van der Waals surface area contributed by atoms with Crippen LogP contribution >= 0.6 is 0 Å². The van der Waals surface area contributed by atoms with E-state index in [-0.39, 0.29) is 0 Å². The van der Waals surface area contributed by atoms with E-state index in [1.807, 2.05) is 0 Å². The minimum Gasteiger partial charge on any atom is -0.314 e. The van der Waals surface area contributed by atoms with Crippen LogP contribution in [0.5, 0.6) is 0 Å². The lowest BCUT2D eigenvalue weighted by Crippen LogP contribution is -2.17. The lowest BCUT2D eigenvalue weighted by Gasteiger charge is -2.29. The van der Waals surface area contributed by atoms with Crippen LogP contribution in [0.4, 0.5) is 28.4 Å². The van der Waals surface area contributed by atoms with Crippen molar-refractivity contribution in [2.24, 2.45) is 0 Å². The van der Waals surface area contributed by atoms with E-state index in [2.05, 4.69) is 220 Å². The zero-order chi connectivity index (χ0) is 39.8. The summed E-state index contributed by atoms with van der Waals surface area (Å²) in [5.74, 6) is 0. The van der Waals surface area contributed by atoms with Crippen LogP contribution in [0.3, 0.4) is 0 Å². The molecule has 0 unspecified atom stereocenters. The van der Waals surface area contributed by atoms with Crippen LogP contribution in [0.15, 0.2) is 210 Å². The van der Waals surface area contributed by atoms with Gasteiger partial charge in [0.15, 0.2) is 0 Å². The van der Waals surface area contributed by atoms with Gasteiger partial charge in [-0.3, -0.25) is 0 Å². The fraction of sp³-hybridized carbons (Fsp3) is 0.179. The van der Waals surface area contributed by atoms with Gasteiger partial charge in [-0.05, 0) is 166 Å². The SMILES string of the molecule is Cc1ccc(N(C2=CC=C(/C=C/C3=CC=C(C4=CC=C(/C=C/c5ccc(N(c6ccc(C)cc6)c6ccc(C)cc6)cc5)CC4)CC3)CC2)c2ccc(C)cc2)cc1. The predicted octanol–water partition coefficient (Wildman–Crippen LogP) is 15.7. The smallest absolute Gasteiger partial charge is 0.0462 e. The molecule has 5 aromatic rings. The van der Waals surface area contributed by atoms with E-state index in [0.29, 0.717) is 0 Å². The number of anilines is 5. The van der Waals surface area contributed by atoms with Gasteiger partial charge in [0.05, 0.1) is 0 Å². The van der Waals surface area contributed by atoms with Gasteiger partial charge in [0.25, 0.3) is 0 Å². The molecule has 0 radical (unpaired) electrons. The van der Waals surface area contributed by atoms with Gasteiger partial charge in [0.1, 0.15) is 0 Å². The van der Waals surface area contributed by atoms with Crippen LogP contribution < -0.4 is 9.80 Å². The minimum atomic E-state index is 1.01. The fourth-order valence-corrected chi connectivity index (χ4v) is 7.94. The molecule has 3 aliphatic rings. The summed E-state index contributed by atoms with van der Waals surface area (Å²) in [6, 6.07) is 44.2. The molecule has 3 aliphatic carbocycles. The topological polar surface area (TPSA) is 6.48 Å². The standard InChI is InChI=1S/C56H54N2/c1-41-5-29-51(30-6-41)57(52-31-7-42(2)8-32-52)55-37-21-47(22-38-55)15-13-45-17-25-49(26-18-45)50-27-19-46(20-28-50)14-16-48-23-39-56(40-24-48)58(53-33-9-43(3)10-34-53)54-35-11-44(4)12-36-54/h5-17,19,21-23,25,27,29-39H,18,20,24,26,28,40H2,1-4H3/b15-13+,16-14+. The molecule has 0 amide bonds. The molecule has 2 heteroatoms. The molecule has 0 aromatic heterocycles. The Kier molecular flexibility index (Phi) is 11.8. The number of allylic oxidation sites excluding steroid dienone is 15. The highest BCUT2D eigenvalue weighted by molar-refractivity contribution is 5.77. The van der Waals surface area contributed by atoms with Gasteiger partial charge in [-0.15, -0.1) is 0 Å². The van der Waals surface area contributed by atoms with Gasteiger partial charge in [-0.2, -0.15) is 0 Å². The van der Waals surface area contributed by atoms with Gasteiger partial charge in [-0.1, -0.05) is 138 Å². The normalized spacial score (nSPS) is 15.7. The number of rotatable bonds is 11. The first-order valence-electron chi connectivity index (χ1n) is 20.9. The Labute approximate surface area is 346 Å². The van der Waals surface area contributed by atoms with Crippen molar-refractivity contribution in [1.29, 1.82) is 0 Å². The van der Waals surface area contributed by atoms with Crippen molar-refractivity contribution in [1.82, 2.24) is 0 Å². The Balaban J connectivity index is 0.897. The predicted molar refractivity (Wildman–Crippen MR) is 249 cm³/mol. The van der Waals surface area contributed by atoms with Crippen LogP contribution in [-0.2, 0) is 0 Å². The summed E-state index contributed by atoms with van der Waals surface area (Å²) in [7, 11) is 0. The third-order valence-corrected chi connectivity index (χ3v) is 11.5. The number of aryl methyl sites for hydroxylation is 4. The van der Waals surface area contributed by atoms with Gasteiger partial charge >= 0.3 is 0 Å². The first-order chi connectivity index (χ1) is 28.3. The van der Waals surface area contributed by atoms with Gasteiger partial charge in [0, 0.05) is 34.1 Å². The van der Waals surface area contributed by atoms with Gasteiger partial charge in [0.2, 0.25) is 0 Å². The average molecular weight is 755 g/mol. The molecule has 0 atom stereocenters. The quantitative estimate of drug-likeness (QED) is 0.132. The minimum absolute atomic E-state index is 1.01. The molecule has 0 spiro atoms. The fourth-order valence-electron chi connectivity index (χ4n) is 7.94. The summed E-state index contributed by atoms with van der Waals surface area (Å²) >= 11 is 0. The Hall–Kier alpha value is -6.38. The average Bonchev–Trinajstić information content (AvgIpc) is 3.26. The van der Waals surface area contributed by atoms with Crippen molar-refractivity contribution in [2.45, 2.75) is 66.2 Å². The number of hydrogen-bond donors (Lipinski definition) is 0. The summed E-state index contributed by atoms with van der Waals surface area (Å²) < 4.78 is 0. The van der Waals surface area contributed by atoms with E-state index in [1.165, 1.54) is 72.8 Å². The van der Waals surface area contributed by atoms with Crippen LogP contribution in [-0.4, -0.2) is 0 Å². The number of hydrogen-bond acceptors (Lipinski definition) is 2. The Morgan fingerprint density at radius 2 is 0.638 bits per heavy atom. The zero-order valence-corrected chi connectivity index (χ0v) is 34.5. The zero-order valence-electron chi connectivity index (χ0n) is 34.5. The largest absolute Gasteiger partial charge is 0.314 e. The van der Waals surface area contributed by atoms with Crippen LogP contribution in [0.25, 0.3) is 6.08 Å². The maximum Gasteiger partial charge on any atom is 0.0462 e. The molecule has 0 heterocycles. The summed E-state index contributed by atoms with van der Waals surface area (Å²) in [6.45, 7) is 8.56. The first kappa shape index (κ1) is 38.5. The van der Waals surface area contributed by atoms with Crippen molar-refractivity contribution >= 4 is 34.5 Å². The molecule has 0 N–H and O–H groups in total. The highest BCUT2D eigenvalue weighted by Crippen LogP contribution is 2.37. The third-order valence-electron chi connectivity index (χ3n) is 11.5. The van der Waals surface area contributed by atoms with Gasteiger partial charge < -0.3 is 9.80 Å². The molecule has 5 aromatic carbocycles.